The van der Waals surface area contributed by atoms with E-state index in [2.05, 4.69) is 61.8 Å². The van der Waals surface area contributed by atoms with Crippen molar-refractivity contribution in [3.63, 3.8) is 0 Å². The maximum absolute atomic E-state index is 12.4. The van der Waals surface area contributed by atoms with E-state index in [4.69, 9.17) is 4.18 Å². The van der Waals surface area contributed by atoms with Gasteiger partial charge >= 0.3 is 118 Å². The number of anilines is 8. The van der Waals surface area contributed by atoms with Crippen LogP contribution in [-0.2, 0) is 41.7 Å². The fourth-order valence-electron chi connectivity index (χ4n) is 4.53. The third kappa shape index (κ3) is 23.5. The minimum Gasteiger partial charge on any atom is -0.748 e. The predicted octanol–water partition coefficient (Wildman–Crippen LogP) is -12.7. The van der Waals surface area contributed by atoms with E-state index in [9.17, 15) is 57.9 Å². The molecular formula is C30H36N12Na4O14S4. The second-order valence-corrected chi connectivity index (χ2v) is 17.2. The maximum Gasteiger partial charge on any atom is 1.00 e. The number of hydrogen-bond acceptors (Lipinski definition) is 26. The average Bonchev–Trinajstić information content (AvgIpc) is 3.11. The van der Waals surface area contributed by atoms with Crippen molar-refractivity contribution in [1.82, 2.24) is 29.9 Å². The summed E-state index contributed by atoms with van der Waals surface area (Å²) in [5, 5.41) is 35.4. The molecule has 2 heterocycles. The Morgan fingerprint density at radius 1 is 0.625 bits per heavy atom. The number of benzene rings is 2. The smallest absolute Gasteiger partial charge is 0.748 e. The minimum atomic E-state index is -5.17. The first-order valence-corrected chi connectivity index (χ1v) is 22.5. The van der Waals surface area contributed by atoms with Crippen LogP contribution in [0.5, 0.6) is 5.75 Å². The number of aromatic nitrogens is 6. The van der Waals surface area contributed by atoms with Crippen molar-refractivity contribution in [2.45, 2.75) is 31.0 Å². The summed E-state index contributed by atoms with van der Waals surface area (Å²) in [5.74, 6) is -2.79. The first kappa shape index (κ1) is 62.6. The van der Waals surface area contributed by atoms with Crippen LogP contribution in [0, 0.1) is 0 Å². The molecule has 2 aromatic heterocycles. The van der Waals surface area contributed by atoms with Crippen molar-refractivity contribution in [2.24, 2.45) is 0 Å². The maximum atomic E-state index is 12.4. The first-order valence-electron chi connectivity index (χ1n) is 17.0. The largest absolute Gasteiger partial charge is 1.00 e. The molecule has 0 aliphatic carbocycles. The van der Waals surface area contributed by atoms with Crippen LogP contribution in [0.25, 0.3) is 12.2 Å². The van der Waals surface area contributed by atoms with Gasteiger partial charge in [0.2, 0.25) is 35.7 Å². The molecule has 3 atom stereocenters. The van der Waals surface area contributed by atoms with Crippen LogP contribution in [0.4, 0.5) is 47.1 Å². The van der Waals surface area contributed by atoms with Crippen LogP contribution in [0.15, 0.2) is 41.3 Å². The molecule has 8 N–H and O–H groups in total. The first-order chi connectivity index (χ1) is 28.0. The number of aliphatic hydroxyl groups excluding tert-OH is 2. The van der Waals surface area contributed by atoms with Crippen molar-refractivity contribution in [3.8, 4) is 5.75 Å². The van der Waals surface area contributed by atoms with E-state index in [1.165, 1.54) is 56.3 Å². The second-order valence-electron chi connectivity index (χ2n) is 12.3. The Morgan fingerprint density at radius 3 is 1.39 bits per heavy atom. The Morgan fingerprint density at radius 2 is 1.00 bits per heavy atom. The van der Waals surface area contributed by atoms with Crippen LogP contribution >= 0.6 is 0 Å². The van der Waals surface area contributed by atoms with Crippen molar-refractivity contribution >= 4 is 101 Å². The van der Waals surface area contributed by atoms with E-state index in [0.717, 1.165) is 6.07 Å². The molecule has 328 valence electrons. The number of rotatable bonds is 23. The molecule has 2 aromatic carbocycles. The van der Waals surface area contributed by atoms with Crippen molar-refractivity contribution in [3.05, 3.63) is 47.5 Å². The molecule has 0 saturated heterocycles. The monoisotopic (exact) mass is 1010 g/mol. The topological polar surface area (TPSA) is 411 Å². The molecule has 0 aliphatic heterocycles. The summed E-state index contributed by atoms with van der Waals surface area (Å²) in [6.45, 7) is 2.23. The third-order valence-corrected chi connectivity index (χ3v) is 9.68. The van der Waals surface area contributed by atoms with Gasteiger partial charge in [-0.25, -0.2) is 29.5 Å². The van der Waals surface area contributed by atoms with Crippen molar-refractivity contribution < 1.29 is 180 Å². The summed E-state index contributed by atoms with van der Waals surface area (Å²) in [6.07, 6.45) is 0.787. The molecule has 26 nitrogen and oxygen atoms in total. The number of nitrogens with one attached hydrogen (secondary N) is 6. The molecule has 0 spiro atoms. The number of hydrogen-bond donors (Lipinski definition) is 8. The molecule has 4 aromatic rings. The van der Waals surface area contributed by atoms with Gasteiger partial charge in [0.25, 0.3) is 0 Å². The standard InChI is InChI=1S/C30H40N12O14S4.4Na/c1-17(43)15-33-27-37-25(31-9-11-58(47,48)49)39-29(41-27)35-21-7-5-19(23(13-21)56-57(45)46)3-4-20-6-8-22(14-24(20)60(53,54)55)36-30-40-26(32-10-12-59(50,51)52)38-28(42-30)34-16-18(2)44;;;;/h3-8,13-14,17-18,43-44H,9-12,15-16H2,1-2H3,(H,45,46)(H,47,48,49)(H,50,51,52)(H,53,54,55)(H3,31,33,35,37,39,41)(H3,32,34,36,38,40,42);;;;/q;4*+1/p-4. The van der Waals surface area contributed by atoms with Gasteiger partial charge in [-0.15, -0.1) is 0 Å². The van der Waals surface area contributed by atoms with Crippen LogP contribution in [-0.4, -0.2) is 138 Å². The van der Waals surface area contributed by atoms with Crippen LogP contribution in [0.3, 0.4) is 0 Å². The summed E-state index contributed by atoms with van der Waals surface area (Å²) >= 11 is -3.11. The van der Waals surface area contributed by atoms with E-state index >= 15 is 0 Å². The summed E-state index contributed by atoms with van der Waals surface area (Å²) in [5.41, 5.74) is 0.0580. The third-order valence-electron chi connectivity index (χ3n) is 7.06. The molecule has 4 rings (SSSR count). The molecule has 64 heavy (non-hydrogen) atoms. The molecule has 0 aliphatic rings. The zero-order chi connectivity index (χ0) is 44.3. The predicted molar refractivity (Wildman–Crippen MR) is 212 cm³/mol. The van der Waals surface area contributed by atoms with E-state index < -0.39 is 70.3 Å². The Hall–Kier alpha value is -1.44. The van der Waals surface area contributed by atoms with Gasteiger partial charge in [-0.05, 0) is 43.7 Å². The minimum absolute atomic E-state index is 0. The van der Waals surface area contributed by atoms with E-state index in [1.807, 2.05) is 0 Å². The normalized spacial score (nSPS) is 12.8. The molecule has 0 fully saturated rings. The van der Waals surface area contributed by atoms with Crippen molar-refractivity contribution in [1.29, 1.82) is 0 Å². The Labute approximate surface area is 459 Å². The summed E-state index contributed by atoms with van der Waals surface area (Å²) in [7, 11) is -14.3. The van der Waals surface area contributed by atoms with Gasteiger partial charge in [-0.2, -0.15) is 29.9 Å². The molecule has 0 radical (unpaired) electrons. The average molecular weight is 1010 g/mol. The second kappa shape index (κ2) is 28.8. The van der Waals surface area contributed by atoms with E-state index in [-0.39, 0.29) is 208 Å². The molecule has 34 heteroatoms. The van der Waals surface area contributed by atoms with Gasteiger partial charge in [0.05, 0.1) is 48.8 Å². The summed E-state index contributed by atoms with van der Waals surface area (Å²) in [4.78, 5) is 23.8. The number of nitrogens with zero attached hydrogens (tertiary/aromatic N) is 6. The summed E-state index contributed by atoms with van der Waals surface area (Å²) in [6, 6.07) is 7.53. The molecule has 0 amide bonds. The quantitative estimate of drug-likeness (QED) is 0.0148. The fourth-order valence-corrected chi connectivity index (χ4v) is 6.22. The Balaban J connectivity index is 0.00000992. The summed E-state index contributed by atoms with van der Waals surface area (Å²) < 4.78 is 132. The van der Waals surface area contributed by atoms with Gasteiger partial charge in [-0.3, -0.25) is 0 Å². The SMILES string of the molecule is CC(O)CNc1nc(NCCS(=O)(=O)[O-])nc(Nc2ccc(C=Cc3ccc(Nc4nc(NCCS(=O)(=O)[O-])nc(NCC(C)O)n4)cc3S(=O)(=O)[O-])c(OS(=O)[O-])c2)n1.[Na+].[Na+].[Na+].[Na+]. The number of aliphatic hydroxyl groups is 2. The van der Waals surface area contributed by atoms with Crippen LogP contribution in [0.1, 0.15) is 25.0 Å². The molecule has 0 saturated carbocycles. The zero-order valence-corrected chi connectivity index (χ0v) is 46.4. The van der Waals surface area contributed by atoms with Crippen molar-refractivity contribution in [2.75, 3.05) is 69.6 Å². The van der Waals surface area contributed by atoms with Gasteiger partial charge in [-0.1, -0.05) is 18.2 Å². The van der Waals surface area contributed by atoms with Crippen LogP contribution < -0.4 is 154 Å². The van der Waals surface area contributed by atoms with Gasteiger partial charge in [0.1, 0.15) is 27.2 Å². The van der Waals surface area contributed by atoms with Gasteiger partial charge < -0.3 is 64.5 Å². The van der Waals surface area contributed by atoms with Crippen LogP contribution in [0.2, 0.25) is 0 Å². The van der Waals surface area contributed by atoms with Gasteiger partial charge in [0.15, 0.2) is 0 Å². The van der Waals surface area contributed by atoms with Gasteiger partial charge in [0, 0.05) is 49.2 Å². The zero-order valence-electron chi connectivity index (χ0n) is 35.1. The van der Waals surface area contributed by atoms with E-state index in [0.29, 0.717) is 0 Å². The fraction of sp³-hybridized carbons (Fsp3) is 0.333. The molecule has 3 unspecified atom stereocenters. The Kier molecular flexibility index (Phi) is 28.1. The molecular weight excluding hydrogens is 973 g/mol. The molecule has 0 bridgehead atoms. The Bertz CT molecular complexity index is 2550. The van der Waals surface area contributed by atoms with E-state index in [1.54, 1.807) is 0 Å².